The van der Waals surface area contributed by atoms with Crippen LogP contribution in [0.3, 0.4) is 0 Å². The van der Waals surface area contributed by atoms with E-state index < -0.39 is 0 Å². The maximum Gasteiger partial charge on any atom is 0.228 e. The molecule has 98 valence electrons. The van der Waals surface area contributed by atoms with Crippen LogP contribution in [0.4, 0.5) is 5.69 Å². The zero-order valence-electron chi connectivity index (χ0n) is 9.75. The summed E-state index contributed by atoms with van der Waals surface area (Å²) >= 11 is 15.4. The third kappa shape index (κ3) is 2.76. The maximum absolute atomic E-state index is 11.9. The normalized spacial score (nSPS) is 19.4. The fraction of sp³-hybridized carbons (Fsp3) is 0.417. The van der Waals surface area contributed by atoms with Crippen molar-refractivity contribution in [3.63, 3.8) is 0 Å². The van der Waals surface area contributed by atoms with Gasteiger partial charge in [0.1, 0.15) is 0 Å². The van der Waals surface area contributed by atoms with Gasteiger partial charge in [-0.1, -0.05) is 11.6 Å². The Kier molecular flexibility index (Phi) is 4.41. The Balaban J connectivity index is 2.45. The average Bonchev–Trinajstić information content (AvgIpc) is 2.61. The van der Waals surface area contributed by atoms with Gasteiger partial charge in [-0.15, -0.1) is 11.6 Å². The third-order valence-electron chi connectivity index (χ3n) is 2.65. The molecule has 1 heterocycles. The summed E-state index contributed by atoms with van der Waals surface area (Å²) in [6.07, 6.45) is 0.344. The number of nitrogens with zero attached hydrogens (tertiary/aromatic N) is 1. The van der Waals surface area contributed by atoms with Gasteiger partial charge in [0, 0.05) is 18.0 Å². The molecule has 0 N–H and O–H groups in total. The van der Waals surface area contributed by atoms with Crippen LogP contribution in [0.1, 0.15) is 13.3 Å². The van der Waals surface area contributed by atoms with E-state index in [1.54, 1.807) is 17.0 Å². The van der Waals surface area contributed by atoms with Crippen LogP contribution in [0, 0.1) is 0 Å². The number of alkyl halides is 1. The second-order valence-corrected chi connectivity index (χ2v) is 5.88. The van der Waals surface area contributed by atoms with Crippen molar-refractivity contribution in [2.24, 2.45) is 0 Å². The fourth-order valence-corrected chi connectivity index (χ4v) is 3.11. The molecule has 1 aromatic rings. The van der Waals surface area contributed by atoms with Gasteiger partial charge < -0.3 is 9.64 Å². The summed E-state index contributed by atoms with van der Waals surface area (Å²) in [6.45, 7) is 2.88. The number of halogens is 3. The summed E-state index contributed by atoms with van der Waals surface area (Å²) in [6, 6.07) is 3.47. The van der Waals surface area contributed by atoms with Crippen LogP contribution < -0.4 is 9.64 Å². The predicted molar refractivity (Wildman–Crippen MR) is 76.9 cm³/mol. The van der Waals surface area contributed by atoms with Crippen molar-refractivity contribution in [2.45, 2.75) is 18.7 Å². The molecule has 0 spiro atoms. The van der Waals surface area contributed by atoms with E-state index in [0.717, 1.165) is 4.47 Å². The van der Waals surface area contributed by atoms with Crippen LogP contribution in [-0.4, -0.2) is 24.4 Å². The molecule has 1 amide bonds. The number of benzene rings is 1. The molecule has 1 saturated heterocycles. The number of anilines is 1. The monoisotopic (exact) mass is 351 g/mol. The highest BCUT2D eigenvalue weighted by Gasteiger charge is 2.31. The van der Waals surface area contributed by atoms with Crippen molar-refractivity contribution in [2.75, 3.05) is 18.1 Å². The number of carbonyl (C=O) groups excluding carboxylic acids is 1. The van der Waals surface area contributed by atoms with E-state index in [1.165, 1.54) is 0 Å². The van der Waals surface area contributed by atoms with E-state index in [0.29, 0.717) is 36.0 Å². The zero-order chi connectivity index (χ0) is 13.3. The van der Waals surface area contributed by atoms with Crippen molar-refractivity contribution < 1.29 is 9.53 Å². The molecule has 2 rings (SSSR count). The second-order valence-electron chi connectivity index (χ2n) is 3.97. The molecule has 6 heteroatoms. The standard InChI is InChI=1S/C12H12BrCl2NO2/c1-2-18-12-9(13)3-7(14)4-10(12)16-6-8(15)5-11(16)17/h3-4,8H,2,5-6H2,1H3. The molecule has 1 unspecified atom stereocenters. The molecule has 0 bridgehead atoms. The molecular formula is C12H12BrCl2NO2. The summed E-state index contributed by atoms with van der Waals surface area (Å²) in [7, 11) is 0. The molecule has 18 heavy (non-hydrogen) atoms. The fourth-order valence-electron chi connectivity index (χ4n) is 1.93. The highest BCUT2D eigenvalue weighted by Crippen LogP contribution is 2.40. The lowest BCUT2D eigenvalue weighted by molar-refractivity contribution is -0.117. The topological polar surface area (TPSA) is 29.5 Å². The summed E-state index contributed by atoms with van der Waals surface area (Å²) in [5.41, 5.74) is 0.671. The Labute approximate surface area is 124 Å². The first kappa shape index (κ1) is 14.0. The smallest absolute Gasteiger partial charge is 0.228 e. The average molecular weight is 353 g/mol. The van der Waals surface area contributed by atoms with E-state index >= 15 is 0 Å². The first-order valence-corrected chi connectivity index (χ1v) is 7.20. The number of ether oxygens (including phenoxy) is 1. The highest BCUT2D eigenvalue weighted by atomic mass is 79.9. The van der Waals surface area contributed by atoms with Gasteiger partial charge in [-0.2, -0.15) is 0 Å². The number of amides is 1. The Morgan fingerprint density at radius 1 is 1.56 bits per heavy atom. The zero-order valence-corrected chi connectivity index (χ0v) is 12.8. The van der Waals surface area contributed by atoms with E-state index in [9.17, 15) is 4.79 Å². The lowest BCUT2D eigenvalue weighted by Crippen LogP contribution is -2.25. The summed E-state index contributed by atoms with van der Waals surface area (Å²) in [5, 5.41) is 0.385. The SMILES string of the molecule is CCOc1c(Br)cc(Cl)cc1N1CC(Cl)CC1=O. The largest absolute Gasteiger partial charge is 0.490 e. The molecule has 1 atom stereocenters. The summed E-state index contributed by atoms with van der Waals surface area (Å²) in [5.74, 6) is 0.617. The van der Waals surface area contributed by atoms with Gasteiger partial charge in [-0.3, -0.25) is 4.79 Å². The lowest BCUT2D eigenvalue weighted by atomic mass is 10.2. The number of hydrogen-bond donors (Lipinski definition) is 0. The van der Waals surface area contributed by atoms with Crippen molar-refractivity contribution in [1.82, 2.24) is 0 Å². The van der Waals surface area contributed by atoms with Crippen molar-refractivity contribution in [3.8, 4) is 5.75 Å². The van der Waals surface area contributed by atoms with Gasteiger partial charge in [-0.25, -0.2) is 0 Å². The van der Waals surface area contributed by atoms with Crippen LogP contribution in [0.5, 0.6) is 5.75 Å². The lowest BCUT2D eigenvalue weighted by Gasteiger charge is -2.21. The quantitative estimate of drug-likeness (QED) is 0.773. The Hall–Kier alpha value is -0.450. The molecule has 1 aliphatic heterocycles. The van der Waals surface area contributed by atoms with Crippen LogP contribution in [0.25, 0.3) is 0 Å². The minimum absolute atomic E-state index is 0.00915. The van der Waals surface area contributed by atoms with Gasteiger partial charge in [-0.05, 0) is 35.0 Å². The highest BCUT2D eigenvalue weighted by molar-refractivity contribution is 9.10. The van der Waals surface area contributed by atoms with Crippen molar-refractivity contribution >= 4 is 50.7 Å². The summed E-state index contributed by atoms with van der Waals surface area (Å²) < 4.78 is 6.31. The molecule has 0 saturated carbocycles. The van der Waals surface area contributed by atoms with E-state index in [4.69, 9.17) is 27.9 Å². The van der Waals surface area contributed by atoms with Crippen molar-refractivity contribution in [1.29, 1.82) is 0 Å². The van der Waals surface area contributed by atoms with Gasteiger partial charge >= 0.3 is 0 Å². The molecule has 3 nitrogen and oxygen atoms in total. The Bertz CT molecular complexity index is 481. The first-order valence-electron chi connectivity index (χ1n) is 5.59. The third-order valence-corrected chi connectivity index (χ3v) is 3.75. The number of carbonyl (C=O) groups is 1. The maximum atomic E-state index is 11.9. The van der Waals surface area contributed by atoms with Gasteiger partial charge in [0.05, 0.1) is 22.1 Å². The van der Waals surface area contributed by atoms with Gasteiger partial charge in [0.15, 0.2) is 5.75 Å². The minimum Gasteiger partial charge on any atom is -0.490 e. The molecule has 1 aliphatic rings. The second kappa shape index (κ2) is 5.68. The Morgan fingerprint density at radius 2 is 2.28 bits per heavy atom. The van der Waals surface area contributed by atoms with Gasteiger partial charge in [0.25, 0.3) is 0 Å². The van der Waals surface area contributed by atoms with E-state index in [-0.39, 0.29) is 11.3 Å². The Morgan fingerprint density at radius 3 is 2.83 bits per heavy atom. The van der Waals surface area contributed by atoms with Crippen LogP contribution in [0.15, 0.2) is 16.6 Å². The molecule has 0 aromatic heterocycles. The summed E-state index contributed by atoms with van der Waals surface area (Å²) in [4.78, 5) is 13.5. The molecule has 0 aliphatic carbocycles. The molecule has 0 radical (unpaired) electrons. The van der Waals surface area contributed by atoms with Crippen LogP contribution >= 0.6 is 39.1 Å². The molecular weight excluding hydrogens is 341 g/mol. The number of rotatable bonds is 3. The van der Waals surface area contributed by atoms with Crippen LogP contribution in [-0.2, 0) is 4.79 Å². The minimum atomic E-state index is -0.162. The van der Waals surface area contributed by atoms with E-state index in [1.807, 2.05) is 6.92 Å². The number of hydrogen-bond acceptors (Lipinski definition) is 2. The van der Waals surface area contributed by atoms with E-state index in [2.05, 4.69) is 15.9 Å². The molecule has 1 fully saturated rings. The van der Waals surface area contributed by atoms with Crippen LogP contribution in [0.2, 0.25) is 5.02 Å². The van der Waals surface area contributed by atoms with Gasteiger partial charge in [0.2, 0.25) is 5.91 Å². The van der Waals surface area contributed by atoms with Crippen molar-refractivity contribution in [3.05, 3.63) is 21.6 Å². The predicted octanol–water partition coefficient (Wildman–Crippen LogP) is 3.85. The molecule has 1 aromatic carbocycles. The first-order chi connectivity index (χ1) is 8.52.